The van der Waals surface area contributed by atoms with Crippen LogP contribution in [0.2, 0.25) is 0 Å². The number of hydrogen-bond acceptors (Lipinski definition) is 3. The van der Waals surface area contributed by atoms with E-state index in [1.54, 1.807) is 0 Å². The molecule has 2 heterocycles. The van der Waals surface area contributed by atoms with Gasteiger partial charge >= 0.3 is 0 Å². The molecule has 0 unspecified atom stereocenters. The molecule has 2 aliphatic heterocycles. The summed E-state index contributed by atoms with van der Waals surface area (Å²) < 4.78 is 0. The van der Waals surface area contributed by atoms with Crippen molar-refractivity contribution < 1.29 is 9.90 Å². The van der Waals surface area contributed by atoms with Gasteiger partial charge in [-0.1, -0.05) is 49.4 Å². The van der Waals surface area contributed by atoms with E-state index in [1.165, 1.54) is 5.56 Å². The molecule has 0 saturated carbocycles. The van der Waals surface area contributed by atoms with Crippen LogP contribution in [0.3, 0.4) is 0 Å². The average molecular weight is 379 g/mol. The molecule has 3 atom stereocenters. The van der Waals surface area contributed by atoms with Gasteiger partial charge in [-0.2, -0.15) is 0 Å². The number of nitrogens with zero attached hydrogens (tertiary/aromatic N) is 1. The molecule has 2 aromatic rings. The van der Waals surface area contributed by atoms with E-state index in [9.17, 15) is 9.90 Å². The summed E-state index contributed by atoms with van der Waals surface area (Å²) in [6, 6.07) is 18.5. The molecule has 2 aromatic carbocycles. The fourth-order valence-electron chi connectivity index (χ4n) is 5.24. The fraction of sp³-hybridized carbons (Fsp3) is 0.458. The molecule has 0 aliphatic carbocycles. The minimum atomic E-state index is -0.230. The molecule has 2 aliphatic rings. The fourth-order valence-corrected chi connectivity index (χ4v) is 5.24. The van der Waals surface area contributed by atoms with Crippen molar-refractivity contribution in [1.82, 2.24) is 4.90 Å². The first kappa shape index (κ1) is 19.0. The highest BCUT2D eigenvalue weighted by Gasteiger charge is 2.57. The van der Waals surface area contributed by atoms with Crippen molar-refractivity contribution in [1.29, 1.82) is 0 Å². The van der Waals surface area contributed by atoms with Crippen LogP contribution in [0.25, 0.3) is 0 Å². The van der Waals surface area contributed by atoms with Gasteiger partial charge in [0.15, 0.2) is 0 Å². The van der Waals surface area contributed by atoms with Gasteiger partial charge in [0.25, 0.3) is 5.91 Å². The van der Waals surface area contributed by atoms with Crippen LogP contribution in [0.4, 0.5) is 5.69 Å². The van der Waals surface area contributed by atoms with Gasteiger partial charge in [0.05, 0.1) is 12.2 Å². The monoisotopic (exact) mass is 378 g/mol. The van der Waals surface area contributed by atoms with Gasteiger partial charge in [-0.05, 0) is 49.8 Å². The Balaban J connectivity index is 1.61. The van der Waals surface area contributed by atoms with E-state index < -0.39 is 0 Å². The SMILES string of the molecule is CCCNc1ccccc1C(=O)N1[C@@H]2CC[C@H]1[C@](CO)(Cc1ccccc1)C2. The van der Waals surface area contributed by atoms with Crippen molar-refractivity contribution in [3.05, 3.63) is 65.7 Å². The molecule has 0 spiro atoms. The number of aliphatic hydroxyl groups excluding tert-OH is 1. The number of carbonyl (C=O) groups is 1. The van der Waals surface area contributed by atoms with Gasteiger partial charge in [-0.3, -0.25) is 4.79 Å². The van der Waals surface area contributed by atoms with Crippen LogP contribution in [0.5, 0.6) is 0 Å². The molecule has 2 N–H and O–H groups in total. The van der Waals surface area contributed by atoms with Crippen LogP contribution in [0.1, 0.15) is 48.5 Å². The Kier molecular flexibility index (Phi) is 5.40. The molecule has 4 nitrogen and oxygen atoms in total. The highest BCUT2D eigenvalue weighted by Crippen LogP contribution is 2.52. The summed E-state index contributed by atoms with van der Waals surface area (Å²) in [4.78, 5) is 15.6. The van der Waals surface area contributed by atoms with E-state index in [-0.39, 0.29) is 30.0 Å². The molecule has 2 fully saturated rings. The Hall–Kier alpha value is -2.33. The summed E-state index contributed by atoms with van der Waals surface area (Å²) in [7, 11) is 0. The Labute approximate surface area is 167 Å². The maximum Gasteiger partial charge on any atom is 0.256 e. The first-order chi connectivity index (χ1) is 13.7. The molecule has 0 aromatic heterocycles. The highest BCUT2D eigenvalue weighted by molar-refractivity contribution is 6.00. The second-order valence-corrected chi connectivity index (χ2v) is 8.32. The predicted molar refractivity (Wildman–Crippen MR) is 112 cm³/mol. The number of fused-ring (bicyclic) bond motifs is 2. The topological polar surface area (TPSA) is 52.6 Å². The lowest BCUT2D eigenvalue weighted by molar-refractivity contribution is 0.0572. The molecular formula is C24H30N2O2. The zero-order chi connectivity index (χ0) is 19.6. The molecule has 28 heavy (non-hydrogen) atoms. The van der Waals surface area contributed by atoms with Crippen LogP contribution in [-0.2, 0) is 6.42 Å². The number of anilines is 1. The van der Waals surface area contributed by atoms with Gasteiger partial charge in [-0.25, -0.2) is 0 Å². The number of aliphatic hydroxyl groups is 1. The molecular weight excluding hydrogens is 348 g/mol. The summed E-state index contributed by atoms with van der Waals surface area (Å²) in [5, 5.41) is 13.8. The largest absolute Gasteiger partial charge is 0.396 e. The van der Waals surface area contributed by atoms with Gasteiger partial charge in [0.2, 0.25) is 0 Å². The zero-order valence-electron chi connectivity index (χ0n) is 16.6. The Morgan fingerprint density at radius 1 is 1.14 bits per heavy atom. The Morgan fingerprint density at radius 2 is 1.89 bits per heavy atom. The number of rotatable bonds is 7. The molecule has 4 rings (SSSR count). The Bertz CT molecular complexity index is 822. The zero-order valence-corrected chi connectivity index (χ0v) is 16.6. The van der Waals surface area contributed by atoms with E-state index >= 15 is 0 Å². The van der Waals surface area contributed by atoms with Crippen LogP contribution in [0, 0.1) is 5.41 Å². The van der Waals surface area contributed by atoms with Crippen LogP contribution in [0.15, 0.2) is 54.6 Å². The Morgan fingerprint density at radius 3 is 2.64 bits per heavy atom. The molecule has 4 heteroatoms. The van der Waals surface area contributed by atoms with Gasteiger partial charge in [0, 0.05) is 29.7 Å². The summed E-state index contributed by atoms with van der Waals surface area (Å²) in [5.74, 6) is 0.107. The van der Waals surface area contributed by atoms with Crippen LogP contribution < -0.4 is 5.32 Å². The number of hydrogen-bond donors (Lipinski definition) is 2. The number of para-hydroxylation sites is 1. The van der Waals surface area contributed by atoms with E-state index in [4.69, 9.17) is 0 Å². The van der Waals surface area contributed by atoms with Crippen molar-refractivity contribution in [2.24, 2.45) is 5.41 Å². The average Bonchev–Trinajstić information content (AvgIpc) is 3.29. The number of amides is 1. The first-order valence-electron chi connectivity index (χ1n) is 10.5. The standard InChI is InChI=1S/C24H30N2O2/c1-2-14-25-21-11-7-6-10-20(21)23(28)26-19-12-13-22(26)24(16-19,17-27)15-18-8-4-3-5-9-18/h3-11,19,22,25,27H,2,12-17H2,1H3/t19-,22+,24-/m1/s1. The quantitative estimate of drug-likeness (QED) is 0.762. The minimum Gasteiger partial charge on any atom is -0.396 e. The van der Waals surface area contributed by atoms with Crippen molar-refractivity contribution >= 4 is 11.6 Å². The molecule has 1 amide bonds. The van der Waals surface area contributed by atoms with Crippen molar-refractivity contribution in [2.75, 3.05) is 18.5 Å². The second kappa shape index (κ2) is 7.96. The van der Waals surface area contributed by atoms with E-state index in [1.807, 2.05) is 42.5 Å². The maximum absolute atomic E-state index is 13.6. The van der Waals surface area contributed by atoms with E-state index in [0.29, 0.717) is 0 Å². The van der Waals surface area contributed by atoms with Crippen LogP contribution >= 0.6 is 0 Å². The summed E-state index contributed by atoms with van der Waals surface area (Å²) in [6.45, 7) is 3.10. The number of nitrogens with one attached hydrogen (secondary N) is 1. The third-order valence-corrected chi connectivity index (χ3v) is 6.52. The predicted octanol–water partition coefficient (Wildman–Crippen LogP) is 4.11. The third kappa shape index (κ3) is 3.30. The number of carbonyl (C=O) groups excluding carboxylic acids is 1. The summed E-state index contributed by atoms with van der Waals surface area (Å²) >= 11 is 0. The van der Waals surface area contributed by atoms with Gasteiger partial charge < -0.3 is 15.3 Å². The maximum atomic E-state index is 13.6. The summed E-state index contributed by atoms with van der Waals surface area (Å²) in [5.41, 5.74) is 2.67. The lowest BCUT2D eigenvalue weighted by Crippen LogP contribution is -2.44. The molecule has 148 valence electrons. The number of benzene rings is 2. The minimum absolute atomic E-state index is 0.106. The first-order valence-corrected chi connectivity index (χ1v) is 10.5. The van der Waals surface area contributed by atoms with Crippen molar-refractivity contribution in [3.8, 4) is 0 Å². The van der Waals surface area contributed by atoms with E-state index in [0.717, 1.165) is 49.9 Å². The van der Waals surface area contributed by atoms with E-state index in [2.05, 4.69) is 29.3 Å². The molecule has 2 bridgehead atoms. The van der Waals surface area contributed by atoms with Crippen molar-refractivity contribution in [3.63, 3.8) is 0 Å². The molecule has 0 radical (unpaired) electrons. The van der Waals surface area contributed by atoms with Gasteiger partial charge in [-0.15, -0.1) is 0 Å². The lowest BCUT2D eigenvalue weighted by Gasteiger charge is -2.36. The second-order valence-electron chi connectivity index (χ2n) is 8.32. The smallest absolute Gasteiger partial charge is 0.256 e. The highest BCUT2D eigenvalue weighted by atomic mass is 16.3. The summed E-state index contributed by atoms with van der Waals surface area (Å²) in [6.07, 6.45) is 4.75. The normalized spacial score (nSPS) is 25.9. The third-order valence-electron chi connectivity index (χ3n) is 6.52. The van der Waals surface area contributed by atoms with Gasteiger partial charge in [0.1, 0.15) is 0 Å². The lowest BCUT2D eigenvalue weighted by atomic mass is 9.70. The van der Waals surface area contributed by atoms with Crippen LogP contribution in [-0.4, -0.2) is 41.1 Å². The molecule has 2 saturated heterocycles. The van der Waals surface area contributed by atoms with Crippen molar-refractivity contribution in [2.45, 2.75) is 51.1 Å².